The molecule has 0 spiro atoms. The molecule has 2 N–H and O–H groups in total. The van der Waals surface area contributed by atoms with Crippen LogP contribution in [0.25, 0.3) is 0 Å². The van der Waals surface area contributed by atoms with Gasteiger partial charge in [-0.05, 0) is 38.0 Å². The van der Waals surface area contributed by atoms with Gasteiger partial charge in [-0.3, -0.25) is 0 Å². The molecular formula is C16H21N5O3. The van der Waals surface area contributed by atoms with Crippen molar-refractivity contribution < 1.29 is 14.0 Å². The van der Waals surface area contributed by atoms with Gasteiger partial charge >= 0.3 is 0 Å². The van der Waals surface area contributed by atoms with Crippen LogP contribution < -0.4 is 20.1 Å². The molecule has 0 bridgehead atoms. The van der Waals surface area contributed by atoms with Crippen molar-refractivity contribution in [3.8, 4) is 11.5 Å². The molecule has 3 rings (SSSR count). The summed E-state index contributed by atoms with van der Waals surface area (Å²) >= 11 is 0. The van der Waals surface area contributed by atoms with E-state index in [4.69, 9.17) is 14.0 Å². The first kappa shape index (κ1) is 16.1. The number of rotatable bonds is 6. The molecule has 1 aliphatic rings. The van der Waals surface area contributed by atoms with Crippen molar-refractivity contribution in [3.05, 3.63) is 35.5 Å². The Hall–Kier alpha value is -2.77. The van der Waals surface area contributed by atoms with Crippen molar-refractivity contribution in [2.75, 3.05) is 19.9 Å². The van der Waals surface area contributed by atoms with Crippen LogP contribution in [0.15, 0.2) is 27.7 Å². The monoisotopic (exact) mass is 331 g/mol. The van der Waals surface area contributed by atoms with Crippen LogP contribution in [-0.2, 0) is 13.0 Å². The number of ether oxygens (including phenoxy) is 2. The van der Waals surface area contributed by atoms with Crippen LogP contribution >= 0.6 is 0 Å². The molecule has 0 radical (unpaired) electrons. The van der Waals surface area contributed by atoms with Gasteiger partial charge in [-0.1, -0.05) is 11.2 Å². The minimum Gasteiger partial charge on any atom is -0.454 e. The molecule has 2 heterocycles. The van der Waals surface area contributed by atoms with E-state index in [9.17, 15) is 0 Å². The predicted molar refractivity (Wildman–Crippen MR) is 88.1 cm³/mol. The lowest BCUT2D eigenvalue weighted by Gasteiger charge is -2.11. The van der Waals surface area contributed by atoms with Crippen molar-refractivity contribution in [3.63, 3.8) is 0 Å². The van der Waals surface area contributed by atoms with Gasteiger partial charge in [0.05, 0.1) is 0 Å². The fraction of sp³-hybridized carbons (Fsp3) is 0.438. The van der Waals surface area contributed by atoms with E-state index in [0.717, 1.165) is 31.0 Å². The molecular weight excluding hydrogens is 310 g/mol. The summed E-state index contributed by atoms with van der Waals surface area (Å²) < 4.78 is 15.8. The SMILES string of the molecule is CCNC(=NCc1nc(C)no1)NCCc1ccc2c(c1)OCO2. The third kappa shape index (κ3) is 4.15. The first-order chi connectivity index (χ1) is 11.7. The number of fused-ring (bicyclic) bond motifs is 1. The first-order valence-corrected chi connectivity index (χ1v) is 7.94. The highest BCUT2D eigenvalue weighted by atomic mass is 16.7. The van der Waals surface area contributed by atoms with E-state index >= 15 is 0 Å². The average Bonchev–Trinajstić information content (AvgIpc) is 3.20. The molecule has 24 heavy (non-hydrogen) atoms. The zero-order valence-corrected chi connectivity index (χ0v) is 13.8. The lowest BCUT2D eigenvalue weighted by molar-refractivity contribution is 0.174. The van der Waals surface area contributed by atoms with Gasteiger partial charge in [0.25, 0.3) is 0 Å². The van der Waals surface area contributed by atoms with E-state index in [1.165, 1.54) is 5.56 Å². The number of nitrogens with one attached hydrogen (secondary N) is 2. The number of aliphatic imine (C=N–C) groups is 1. The van der Waals surface area contributed by atoms with Crippen LogP contribution in [-0.4, -0.2) is 36.0 Å². The molecule has 0 unspecified atom stereocenters. The largest absolute Gasteiger partial charge is 0.454 e. The van der Waals surface area contributed by atoms with Crippen molar-refractivity contribution in [1.29, 1.82) is 0 Å². The number of benzene rings is 1. The number of guanidine groups is 1. The number of nitrogens with zero attached hydrogens (tertiary/aromatic N) is 3. The number of aryl methyl sites for hydroxylation is 1. The summed E-state index contributed by atoms with van der Waals surface area (Å²) in [5.41, 5.74) is 1.18. The van der Waals surface area contributed by atoms with Crippen molar-refractivity contribution in [2.45, 2.75) is 26.8 Å². The zero-order valence-electron chi connectivity index (χ0n) is 13.8. The van der Waals surface area contributed by atoms with Gasteiger partial charge in [-0.15, -0.1) is 0 Å². The molecule has 1 aliphatic heterocycles. The van der Waals surface area contributed by atoms with Crippen LogP contribution in [0.3, 0.4) is 0 Å². The molecule has 1 aromatic heterocycles. The lowest BCUT2D eigenvalue weighted by atomic mass is 10.1. The zero-order chi connectivity index (χ0) is 16.8. The second-order valence-corrected chi connectivity index (χ2v) is 5.29. The molecule has 2 aromatic rings. The quantitative estimate of drug-likeness (QED) is 0.610. The Kier molecular flexibility index (Phi) is 5.15. The van der Waals surface area contributed by atoms with Gasteiger partial charge < -0.3 is 24.6 Å². The van der Waals surface area contributed by atoms with Crippen LogP contribution in [0.5, 0.6) is 11.5 Å². The molecule has 1 aromatic carbocycles. The highest BCUT2D eigenvalue weighted by Crippen LogP contribution is 2.32. The Morgan fingerprint density at radius 1 is 1.25 bits per heavy atom. The lowest BCUT2D eigenvalue weighted by Crippen LogP contribution is -2.38. The Morgan fingerprint density at radius 2 is 2.12 bits per heavy atom. The molecule has 0 aliphatic carbocycles. The average molecular weight is 331 g/mol. The van der Waals surface area contributed by atoms with E-state index in [2.05, 4.69) is 25.8 Å². The molecule has 0 fully saturated rings. The van der Waals surface area contributed by atoms with Crippen LogP contribution in [0.1, 0.15) is 24.2 Å². The van der Waals surface area contributed by atoms with E-state index in [0.29, 0.717) is 31.0 Å². The molecule has 8 heteroatoms. The summed E-state index contributed by atoms with van der Waals surface area (Å²) in [6, 6.07) is 5.99. The Morgan fingerprint density at radius 3 is 2.92 bits per heavy atom. The number of hydrogen-bond acceptors (Lipinski definition) is 6. The first-order valence-electron chi connectivity index (χ1n) is 7.94. The minimum absolute atomic E-state index is 0.295. The van der Waals surface area contributed by atoms with Crippen molar-refractivity contribution in [2.24, 2.45) is 4.99 Å². The summed E-state index contributed by atoms with van der Waals surface area (Å²) in [6.07, 6.45) is 0.848. The Balaban J connectivity index is 1.52. The van der Waals surface area contributed by atoms with E-state index in [-0.39, 0.29) is 0 Å². The summed E-state index contributed by atoms with van der Waals surface area (Å²) in [4.78, 5) is 8.58. The second-order valence-electron chi connectivity index (χ2n) is 5.29. The summed E-state index contributed by atoms with van der Waals surface area (Å²) in [5, 5.41) is 10.2. The molecule has 0 saturated carbocycles. The smallest absolute Gasteiger partial charge is 0.248 e. The minimum atomic E-state index is 0.295. The fourth-order valence-electron chi connectivity index (χ4n) is 2.31. The maximum absolute atomic E-state index is 5.39. The van der Waals surface area contributed by atoms with Gasteiger partial charge in [-0.2, -0.15) is 4.98 Å². The third-order valence-electron chi connectivity index (χ3n) is 3.43. The molecule has 0 saturated heterocycles. The maximum Gasteiger partial charge on any atom is 0.248 e. The van der Waals surface area contributed by atoms with E-state index in [1.807, 2.05) is 25.1 Å². The summed E-state index contributed by atoms with van der Waals surface area (Å²) in [7, 11) is 0. The van der Waals surface area contributed by atoms with E-state index in [1.54, 1.807) is 6.92 Å². The van der Waals surface area contributed by atoms with Gasteiger partial charge in [-0.25, -0.2) is 4.99 Å². The van der Waals surface area contributed by atoms with Crippen LogP contribution in [0.4, 0.5) is 0 Å². The normalized spacial score (nSPS) is 13.2. The van der Waals surface area contributed by atoms with Gasteiger partial charge in [0.2, 0.25) is 12.7 Å². The topological polar surface area (TPSA) is 93.8 Å². The van der Waals surface area contributed by atoms with Gasteiger partial charge in [0.1, 0.15) is 6.54 Å². The van der Waals surface area contributed by atoms with E-state index < -0.39 is 0 Å². The second kappa shape index (κ2) is 7.67. The highest BCUT2D eigenvalue weighted by Gasteiger charge is 2.13. The van der Waals surface area contributed by atoms with Crippen LogP contribution in [0, 0.1) is 6.92 Å². The van der Waals surface area contributed by atoms with Crippen molar-refractivity contribution >= 4 is 5.96 Å². The van der Waals surface area contributed by atoms with Crippen LogP contribution in [0.2, 0.25) is 0 Å². The van der Waals surface area contributed by atoms with Crippen molar-refractivity contribution in [1.82, 2.24) is 20.8 Å². The fourth-order valence-corrected chi connectivity index (χ4v) is 2.31. The Labute approximate surface area is 140 Å². The number of aromatic nitrogens is 2. The third-order valence-corrected chi connectivity index (χ3v) is 3.43. The Bertz CT molecular complexity index is 713. The predicted octanol–water partition coefficient (Wildman–Crippen LogP) is 1.40. The highest BCUT2D eigenvalue weighted by molar-refractivity contribution is 5.79. The summed E-state index contributed by atoms with van der Waals surface area (Å²) in [5.74, 6) is 3.44. The maximum atomic E-state index is 5.39. The standard InChI is InChI=1S/C16H21N5O3/c1-3-17-16(19-9-15-20-11(2)21-24-15)18-7-6-12-4-5-13-14(8-12)23-10-22-13/h4-5,8H,3,6-7,9-10H2,1-2H3,(H2,17,18,19). The summed E-state index contributed by atoms with van der Waals surface area (Å²) in [6.45, 7) is 5.97. The van der Waals surface area contributed by atoms with Gasteiger partial charge in [0, 0.05) is 13.1 Å². The molecule has 0 amide bonds. The number of hydrogen-bond donors (Lipinski definition) is 2. The molecule has 128 valence electrons. The van der Waals surface area contributed by atoms with Gasteiger partial charge in [0.15, 0.2) is 23.3 Å². The molecule has 0 atom stereocenters. The molecule has 8 nitrogen and oxygen atoms in total.